The number of anilines is 1. The molecule has 1 N–H and O–H groups in total. The van der Waals surface area contributed by atoms with Crippen molar-refractivity contribution in [3.05, 3.63) is 94.0 Å². The average Bonchev–Trinajstić information content (AvgIpc) is 2.97. The number of non-ortho nitro benzene ring substituents is 1. The van der Waals surface area contributed by atoms with Gasteiger partial charge in [0.15, 0.2) is 0 Å². The Morgan fingerprint density at radius 1 is 1.00 bits per heavy atom. The highest BCUT2D eigenvalue weighted by molar-refractivity contribution is 8.00. The maximum atomic E-state index is 13.1. The van der Waals surface area contributed by atoms with Gasteiger partial charge in [-0.25, -0.2) is 4.98 Å². The van der Waals surface area contributed by atoms with Gasteiger partial charge in [-0.15, -0.1) is 0 Å². The summed E-state index contributed by atoms with van der Waals surface area (Å²) in [5, 5.41) is 23.8. The van der Waals surface area contributed by atoms with Crippen LogP contribution in [0, 0.1) is 28.4 Å². The predicted octanol–water partition coefficient (Wildman–Crippen LogP) is 6.64. The molecule has 202 valence electrons. The number of nitro groups is 1. The van der Waals surface area contributed by atoms with E-state index in [4.69, 9.17) is 14.5 Å². The second kappa shape index (κ2) is 12.3. The molecule has 0 aliphatic heterocycles. The van der Waals surface area contributed by atoms with Crippen molar-refractivity contribution in [2.75, 3.05) is 19.5 Å². The van der Waals surface area contributed by atoms with Gasteiger partial charge in [-0.1, -0.05) is 23.9 Å². The zero-order valence-corrected chi connectivity index (χ0v) is 23.1. The van der Waals surface area contributed by atoms with Crippen molar-refractivity contribution in [3.8, 4) is 40.0 Å². The van der Waals surface area contributed by atoms with Gasteiger partial charge in [0, 0.05) is 28.9 Å². The molecule has 1 aromatic heterocycles. The molecule has 0 bridgehead atoms. The molecule has 1 amide bonds. The molecule has 0 radical (unpaired) electrons. The number of aromatic nitrogens is 1. The van der Waals surface area contributed by atoms with E-state index in [0.29, 0.717) is 44.6 Å². The SMILES string of the molecule is COc1ccc(-c2cc(-c3ccc(OC)cc3)c(C#N)c(S[C@H](C)C(=O)Nc3ccc([N+](=O)[O-])cc3C)n2)cc1. The minimum absolute atomic E-state index is 0.0535. The number of nitro benzene ring substituents is 1. The van der Waals surface area contributed by atoms with Gasteiger partial charge in [0.1, 0.15) is 22.6 Å². The van der Waals surface area contributed by atoms with E-state index < -0.39 is 10.2 Å². The largest absolute Gasteiger partial charge is 0.497 e. The molecule has 0 spiro atoms. The number of carbonyl (C=O) groups excluding carboxylic acids is 1. The fourth-order valence-corrected chi connectivity index (χ4v) is 4.91. The van der Waals surface area contributed by atoms with E-state index in [0.717, 1.165) is 11.1 Å². The predicted molar refractivity (Wildman–Crippen MR) is 155 cm³/mol. The average molecular weight is 555 g/mol. The number of methoxy groups -OCH3 is 2. The van der Waals surface area contributed by atoms with Gasteiger partial charge in [-0.2, -0.15) is 5.26 Å². The van der Waals surface area contributed by atoms with Gasteiger partial charge in [-0.3, -0.25) is 14.9 Å². The van der Waals surface area contributed by atoms with Crippen LogP contribution in [0.5, 0.6) is 11.5 Å². The summed E-state index contributed by atoms with van der Waals surface area (Å²) in [4.78, 5) is 28.5. The molecule has 0 saturated carbocycles. The number of amides is 1. The highest BCUT2D eigenvalue weighted by Crippen LogP contribution is 2.37. The summed E-state index contributed by atoms with van der Waals surface area (Å²) in [6, 6.07) is 23.2. The van der Waals surface area contributed by atoms with Crippen LogP contribution >= 0.6 is 11.8 Å². The summed E-state index contributed by atoms with van der Waals surface area (Å²) in [5.41, 5.74) is 4.26. The number of nitriles is 1. The first-order valence-corrected chi connectivity index (χ1v) is 13.1. The fourth-order valence-electron chi connectivity index (χ4n) is 3.98. The van der Waals surface area contributed by atoms with Crippen LogP contribution in [0.3, 0.4) is 0 Å². The number of nitrogens with one attached hydrogen (secondary N) is 1. The zero-order valence-electron chi connectivity index (χ0n) is 22.3. The Labute approximate surface area is 235 Å². The Kier molecular flexibility index (Phi) is 8.67. The summed E-state index contributed by atoms with van der Waals surface area (Å²) < 4.78 is 10.6. The quantitative estimate of drug-likeness (QED) is 0.139. The van der Waals surface area contributed by atoms with Gasteiger partial charge in [-0.05, 0) is 73.5 Å². The summed E-state index contributed by atoms with van der Waals surface area (Å²) in [7, 11) is 3.18. The molecule has 40 heavy (non-hydrogen) atoms. The molecule has 1 atom stereocenters. The van der Waals surface area contributed by atoms with Gasteiger partial charge in [0.2, 0.25) is 5.91 Å². The number of hydrogen-bond donors (Lipinski definition) is 1. The third kappa shape index (κ3) is 6.22. The molecule has 0 aliphatic carbocycles. The highest BCUT2D eigenvalue weighted by atomic mass is 32.2. The molecule has 0 unspecified atom stereocenters. The Bertz CT molecular complexity index is 1600. The van der Waals surface area contributed by atoms with Gasteiger partial charge < -0.3 is 14.8 Å². The van der Waals surface area contributed by atoms with Crippen molar-refractivity contribution in [2.45, 2.75) is 24.1 Å². The minimum atomic E-state index is -0.635. The molecule has 9 nitrogen and oxygen atoms in total. The van der Waals surface area contributed by atoms with Crippen LogP contribution in [-0.2, 0) is 4.79 Å². The van der Waals surface area contributed by atoms with Crippen molar-refractivity contribution >= 4 is 29.0 Å². The number of carbonyl (C=O) groups is 1. The standard InChI is InChI=1S/C30H26N4O5S/c1-18-15-22(34(36)37)9-14-27(18)32-29(35)19(2)40-30-26(17-31)25(20-5-10-23(38-3)11-6-20)16-28(33-30)21-7-12-24(39-4)13-8-21/h5-16,19H,1-4H3,(H,32,35)/t19-/m1/s1. The van der Waals surface area contributed by atoms with Crippen LogP contribution in [-0.4, -0.2) is 35.3 Å². The molecule has 3 aromatic carbocycles. The van der Waals surface area contributed by atoms with Gasteiger partial charge >= 0.3 is 0 Å². The molecule has 4 rings (SSSR count). The lowest BCUT2D eigenvalue weighted by Gasteiger charge is -2.16. The number of benzene rings is 3. The number of rotatable bonds is 9. The lowest BCUT2D eigenvalue weighted by Crippen LogP contribution is -2.23. The zero-order chi connectivity index (χ0) is 28.8. The van der Waals surface area contributed by atoms with Crippen molar-refractivity contribution in [3.63, 3.8) is 0 Å². The van der Waals surface area contributed by atoms with Crippen LogP contribution in [0.4, 0.5) is 11.4 Å². The molecule has 0 aliphatic rings. The van der Waals surface area contributed by atoms with E-state index in [9.17, 15) is 20.2 Å². The van der Waals surface area contributed by atoms with Crippen molar-refractivity contribution in [1.29, 1.82) is 5.26 Å². The Balaban J connectivity index is 1.71. The van der Waals surface area contributed by atoms with E-state index in [-0.39, 0.29) is 11.6 Å². The topological polar surface area (TPSA) is 127 Å². The number of ether oxygens (including phenoxy) is 2. The second-order valence-electron chi connectivity index (χ2n) is 8.81. The van der Waals surface area contributed by atoms with Gasteiger partial charge in [0.25, 0.3) is 5.69 Å². The van der Waals surface area contributed by atoms with E-state index in [1.165, 1.54) is 30.0 Å². The molecule has 0 saturated heterocycles. The van der Waals surface area contributed by atoms with Crippen molar-refractivity contribution in [2.24, 2.45) is 0 Å². The Morgan fingerprint density at radius 3 is 2.12 bits per heavy atom. The number of aryl methyl sites for hydroxylation is 1. The van der Waals surface area contributed by atoms with Gasteiger partial charge in [0.05, 0.1) is 35.7 Å². The summed E-state index contributed by atoms with van der Waals surface area (Å²) in [5.74, 6) is 1.07. The van der Waals surface area contributed by atoms with Crippen LogP contribution in [0.1, 0.15) is 18.1 Å². The number of hydrogen-bond acceptors (Lipinski definition) is 8. The summed E-state index contributed by atoms with van der Waals surface area (Å²) >= 11 is 1.17. The highest BCUT2D eigenvalue weighted by Gasteiger charge is 2.22. The van der Waals surface area contributed by atoms with E-state index in [1.54, 1.807) is 28.1 Å². The Hall–Kier alpha value is -4.88. The monoisotopic (exact) mass is 554 g/mol. The molecule has 10 heteroatoms. The lowest BCUT2D eigenvalue weighted by atomic mass is 9.99. The third-order valence-corrected chi connectivity index (χ3v) is 7.31. The number of thioether (sulfide) groups is 1. The normalized spacial score (nSPS) is 11.3. The van der Waals surface area contributed by atoms with Crippen LogP contribution in [0.25, 0.3) is 22.4 Å². The first-order valence-electron chi connectivity index (χ1n) is 12.2. The number of nitrogens with zero attached hydrogens (tertiary/aromatic N) is 3. The fraction of sp³-hybridized carbons (Fsp3) is 0.167. The second-order valence-corrected chi connectivity index (χ2v) is 10.1. The van der Waals surface area contributed by atoms with Crippen LogP contribution in [0.15, 0.2) is 77.8 Å². The smallest absolute Gasteiger partial charge is 0.269 e. The first-order chi connectivity index (χ1) is 19.2. The first kappa shape index (κ1) is 28.1. The molecule has 4 aromatic rings. The van der Waals surface area contributed by atoms with Crippen molar-refractivity contribution in [1.82, 2.24) is 4.98 Å². The van der Waals surface area contributed by atoms with E-state index in [2.05, 4.69) is 11.4 Å². The summed E-state index contributed by atoms with van der Waals surface area (Å²) in [6.07, 6.45) is 0. The minimum Gasteiger partial charge on any atom is -0.497 e. The maximum Gasteiger partial charge on any atom is 0.269 e. The maximum absolute atomic E-state index is 13.1. The van der Waals surface area contributed by atoms with E-state index >= 15 is 0 Å². The third-order valence-electron chi connectivity index (χ3n) is 6.22. The Morgan fingerprint density at radius 2 is 1.60 bits per heavy atom. The molecular formula is C30H26N4O5S. The van der Waals surface area contributed by atoms with Crippen LogP contribution < -0.4 is 14.8 Å². The lowest BCUT2D eigenvalue weighted by molar-refractivity contribution is -0.384. The molecule has 1 heterocycles. The molecule has 0 fully saturated rings. The molecular weight excluding hydrogens is 528 g/mol. The summed E-state index contributed by atoms with van der Waals surface area (Å²) in [6.45, 7) is 3.41. The van der Waals surface area contributed by atoms with E-state index in [1.807, 2.05) is 54.6 Å². The van der Waals surface area contributed by atoms with Crippen molar-refractivity contribution < 1.29 is 19.2 Å². The number of pyridine rings is 1. The van der Waals surface area contributed by atoms with Crippen LogP contribution in [0.2, 0.25) is 0 Å².